The highest BCUT2D eigenvalue weighted by Gasteiger charge is 2.20. The number of hydrogen-bond acceptors (Lipinski definition) is 1. The third kappa shape index (κ3) is 1.65. The van der Waals surface area contributed by atoms with E-state index in [1.165, 1.54) is 20.9 Å². The first-order valence-corrected chi connectivity index (χ1v) is 6.59. The lowest BCUT2D eigenvalue weighted by Gasteiger charge is -2.20. The maximum atomic E-state index is 3.84. The molecule has 0 nitrogen and oxygen atoms in total. The molecule has 0 spiro atoms. The molecular weight excluding hydrogens is 236 g/mol. The molecule has 86 valence electrons. The van der Waals surface area contributed by atoms with Gasteiger partial charge in [0.25, 0.3) is 0 Å². The molecule has 0 aliphatic carbocycles. The highest BCUT2D eigenvalue weighted by Crippen LogP contribution is 2.45. The third-order valence-electron chi connectivity index (χ3n) is 3.06. The molecule has 0 bridgehead atoms. The van der Waals surface area contributed by atoms with E-state index >= 15 is 0 Å². The van der Waals surface area contributed by atoms with E-state index in [0.29, 0.717) is 0 Å². The SMILES string of the molecule is C=C=C1c2ccccc2Sc2ccc(C=C)cc21. The van der Waals surface area contributed by atoms with E-state index in [2.05, 4.69) is 61.4 Å². The Morgan fingerprint density at radius 3 is 2.56 bits per heavy atom. The summed E-state index contributed by atoms with van der Waals surface area (Å²) in [6, 6.07) is 14.8. The van der Waals surface area contributed by atoms with Gasteiger partial charge in [0.1, 0.15) is 0 Å². The van der Waals surface area contributed by atoms with Crippen LogP contribution in [0.3, 0.4) is 0 Å². The summed E-state index contributed by atoms with van der Waals surface area (Å²) in [4.78, 5) is 2.52. The van der Waals surface area contributed by atoms with E-state index in [4.69, 9.17) is 0 Å². The first kappa shape index (κ1) is 11.2. The van der Waals surface area contributed by atoms with Crippen molar-refractivity contribution >= 4 is 23.4 Å². The van der Waals surface area contributed by atoms with Crippen molar-refractivity contribution in [2.45, 2.75) is 9.79 Å². The van der Waals surface area contributed by atoms with Crippen LogP contribution in [0.15, 0.2) is 71.1 Å². The summed E-state index contributed by atoms with van der Waals surface area (Å²) in [5.41, 5.74) is 7.71. The minimum atomic E-state index is 1.09. The molecule has 0 saturated carbocycles. The van der Waals surface area contributed by atoms with Crippen LogP contribution in [-0.4, -0.2) is 0 Å². The average molecular weight is 248 g/mol. The van der Waals surface area contributed by atoms with Crippen LogP contribution in [0.5, 0.6) is 0 Å². The molecule has 1 aliphatic rings. The van der Waals surface area contributed by atoms with E-state index in [-0.39, 0.29) is 0 Å². The molecule has 0 unspecified atom stereocenters. The van der Waals surface area contributed by atoms with Gasteiger partial charge in [-0.2, -0.15) is 0 Å². The predicted octanol–water partition coefficient (Wildman–Crippen LogP) is 5.01. The smallest absolute Gasteiger partial charge is 0.0326 e. The molecule has 0 N–H and O–H groups in total. The van der Waals surface area contributed by atoms with Gasteiger partial charge >= 0.3 is 0 Å². The fourth-order valence-corrected chi connectivity index (χ4v) is 3.25. The summed E-state index contributed by atoms with van der Waals surface area (Å²) in [7, 11) is 0. The molecule has 2 aromatic carbocycles. The lowest BCUT2D eigenvalue weighted by Crippen LogP contribution is -1.98. The van der Waals surface area contributed by atoms with Gasteiger partial charge in [0, 0.05) is 26.5 Å². The van der Waals surface area contributed by atoms with Crippen molar-refractivity contribution in [3.05, 3.63) is 78.0 Å². The molecule has 0 saturated heterocycles. The molecular formula is C17H12S. The molecule has 0 amide bonds. The monoisotopic (exact) mass is 248 g/mol. The van der Waals surface area contributed by atoms with Crippen molar-refractivity contribution in [1.82, 2.24) is 0 Å². The number of fused-ring (bicyclic) bond motifs is 2. The normalized spacial score (nSPS) is 12.3. The van der Waals surface area contributed by atoms with Crippen molar-refractivity contribution in [3.8, 4) is 0 Å². The second-order valence-corrected chi connectivity index (χ2v) is 5.19. The first-order valence-electron chi connectivity index (χ1n) is 5.77. The third-order valence-corrected chi connectivity index (χ3v) is 4.21. The molecule has 1 aliphatic heterocycles. The maximum Gasteiger partial charge on any atom is 0.0326 e. The maximum absolute atomic E-state index is 3.84. The van der Waals surface area contributed by atoms with Crippen LogP contribution in [-0.2, 0) is 0 Å². The zero-order valence-corrected chi connectivity index (χ0v) is 10.8. The van der Waals surface area contributed by atoms with E-state index in [9.17, 15) is 0 Å². The van der Waals surface area contributed by atoms with E-state index < -0.39 is 0 Å². The minimum Gasteiger partial charge on any atom is -0.119 e. The summed E-state index contributed by atoms with van der Waals surface area (Å²) in [6.07, 6.45) is 1.87. The van der Waals surface area contributed by atoms with Gasteiger partial charge in [-0.15, -0.1) is 5.73 Å². The van der Waals surface area contributed by atoms with Crippen LogP contribution < -0.4 is 0 Å². The zero-order chi connectivity index (χ0) is 12.5. The van der Waals surface area contributed by atoms with Crippen LogP contribution in [0.4, 0.5) is 0 Å². The van der Waals surface area contributed by atoms with Gasteiger partial charge in [-0.3, -0.25) is 0 Å². The fraction of sp³-hybridized carbons (Fsp3) is 0. The Bertz CT molecular complexity index is 689. The van der Waals surface area contributed by atoms with Gasteiger partial charge in [0.2, 0.25) is 0 Å². The Labute approximate surface area is 111 Å². The lowest BCUT2D eigenvalue weighted by atomic mass is 9.96. The molecule has 1 heterocycles. The highest BCUT2D eigenvalue weighted by atomic mass is 32.2. The predicted molar refractivity (Wildman–Crippen MR) is 78.7 cm³/mol. The van der Waals surface area contributed by atoms with Crippen LogP contribution in [0.1, 0.15) is 16.7 Å². The molecule has 0 radical (unpaired) electrons. The van der Waals surface area contributed by atoms with E-state index in [0.717, 1.165) is 11.1 Å². The van der Waals surface area contributed by atoms with E-state index in [1.54, 1.807) is 11.8 Å². The topological polar surface area (TPSA) is 0 Å². The second kappa shape index (κ2) is 4.38. The molecule has 0 atom stereocenters. The Morgan fingerprint density at radius 2 is 1.78 bits per heavy atom. The standard InChI is InChI=1S/C17H12S/c1-3-12-9-10-17-15(11-12)13(4-2)14-7-5-6-8-16(14)18-17/h3,5-11H,1-2H2. The zero-order valence-electron chi connectivity index (χ0n) is 9.94. The highest BCUT2D eigenvalue weighted by molar-refractivity contribution is 7.99. The van der Waals surface area contributed by atoms with Gasteiger partial charge < -0.3 is 0 Å². The second-order valence-electron chi connectivity index (χ2n) is 4.11. The Kier molecular flexibility index (Phi) is 2.71. The molecule has 2 aromatic rings. The molecule has 0 aromatic heterocycles. The number of benzene rings is 2. The quantitative estimate of drug-likeness (QED) is 0.545. The number of hydrogen-bond donors (Lipinski definition) is 0. The van der Waals surface area contributed by atoms with Gasteiger partial charge in [0.05, 0.1) is 0 Å². The van der Waals surface area contributed by atoms with Crippen LogP contribution >= 0.6 is 11.8 Å². The molecule has 18 heavy (non-hydrogen) atoms. The molecule has 3 rings (SSSR count). The summed E-state index contributed by atoms with van der Waals surface area (Å²) in [6.45, 7) is 7.66. The Morgan fingerprint density at radius 1 is 1.00 bits per heavy atom. The fourth-order valence-electron chi connectivity index (χ4n) is 2.18. The van der Waals surface area contributed by atoms with Crippen molar-refractivity contribution in [3.63, 3.8) is 0 Å². The first-order chi connectivity index (χ1) is 8.83. The van der Waals surface area contributed by atoms with Crippen molar-refractivity contribution in [2.24, 2.45) is 0 Å². The summed E-state index contributed by atoms with van der Waals surface area (Å²) in [5.74, 6) is 0. The Balaban J connectivity index is 2.28. The minimum absolute atomic E-state index is 1.09. The largest absolute Gasteiger partial charge is 0.119 e. The van der Waals surface area contributed by atoms with Crippen LogP contribution in [0, 0.1) is 0 Å². The van der Waals surface area contributed by atoms with Gasteiger partial charge in [-0.25, -0.2) is 0 Å². The Hall–Kier alpha value is -1.95. The molecule has 1 heteroatoms. The lowest BCUT2D eigenvalue weighted by molar-refractivity contribution is 1.29. The van der Waals surface area contributed by atoms with Gasteiger partial charge in [0.15, 0.2) is 0 Å². The van der Waals surface area contributed by atoms with Crippen LogP contribution in [0.2, 0.25) is 0 Å². The molecule has 0 fully saturated rings. The van der Waals surface area contributed by atoms with Crippen molar-refractivity contribution in [1.29, 1.82) is 0 Å². The van der Waals surface area contributed by atoms with Gasteiger partial charge in [-0.05, 0) is 23.8 Å². The summed E-state index contributed by atoms with van der Waals surface area (Å²) in [5, 5.41) is 0. The summed E-state index contributed by atoms with van der Waals surface area (Å²) >= 11 is 1.80. The van der Waals surface area contributed by atoms with Gasteiger partial charge in [-0.1, -0.05) is 55.3 Å². The van der Waals surface area contributed by atoms with E-state index in [1.807, 2.05) is 6.08 Å². The van der Waals surface area contributed by atoms with Crippen molar-refractivity contribution in [2.75, 3.05) is 0 Å². The number of rotatable bonds is 1. The van der Waals surface area contributed by atoms with Crippen molar-refractivity contribution < 1.29 is 0 Å². The average Bonchev–Trinajstić information content (AvgIpc) is 2.44. The summed E-state index contributed by atoms with van der Waals surface area (Å²) < 4.78 is 0. The van der Waals surface area contributed by atoms with Crippen LogP contribution in [0.25, 0.3) is 11.6 Å².